The lowest BCUT2D eigenvalue weighted by Gasteiger charge is -2.03. The van der Waals surface area contributed by atoms with E-state index in [-0.39, 0.29) is 5.91 Å². The monoisotopic (exact) mass is 183 g/mol. The van der Waals surface area contributed by atoms with Crippen LogP contribution in [0.25, 0.3) is 0 Å². The highest BCUT2D eigenvalue weighted by Gasteiger charge is 2.06. The summed E-state index contributed by atoms with van der Waals surface area (Å²) >= 11 is 3.41. The van der Waals surface area contributed by atoms with Crippen molar-refractivity contribution >= 4 is 18.8 Å². The number of carbonyl (C=O) groups is 1. The topological polar surface area (TPSA) is 38.3 Å². The van der Waals surface area contributed by atoms with E-state index in [0.717, 1.165) is 5.56 Å². The van der Waals surface area contributed by atoms with E-state index in [9.17, 15) is 4.79 Å². The Balaban J connectivity index is 2.87. The molecule has 0 atom stereocenters. The van der Waals surface area contributed by atoms with Gasteiger partial charge in [0.25, 0.3) is 5.91 Å². The quantitative estimate of drug-likeness (QED) is 0.414. The summed E-state index contributed by atoms with van der Waals surface area (Å²) < 4.78 is 4.21. The van der Waals surface area contributed by atoms with E-state index < -0.39 is 0 Å². The van der Waals surface area contributed by atoms with Crippen molar-refractivity contribution in [1.29, 1.82) is 0 Å². The molecule has 0 fully saturated rings. The molecule has 1 amide bonds. The van der Waals surface area contributed by atoms with Crippen molar-refractivity contribution in [1.82, 2.24) is 5.48 Å². The number of aryl methyl sites for hydroxylation is 1. The molecule has 64 valence electrons. The van der Waals surface area contributed by atoms with Gasteiger partial charge in [-0.1, -0.05) is 18.2 Å². The molecule has 0 saturated carbocycles. The maximum Gasteiger partial charge on any atom is 0.276 e. The first-order valence-electron chi connectivity index (χ1n) is 3.42. The molecule has 4 heteroatoms. The van der Waals surface area contributed by atoms with Crippen molar-refractivity contribution in [3.63, 3.8) is 0 Å². The van der Waals surface area contributed by atoms with Crippen LogP contribution in [0.15, 0.2) is 24.3 Å². The van der Waals surface area contributed by atoms with Crippen LogP contribution in [0, 0.1) is 6.92 Å². The van der Waals surface area contributed by atoms with E-state index >= 15 is 0 Å². The van der Waals surface area contributed by atoms with Crippen LogP contribution in [0.5, 0.6) is 0 Å². The normalized spacial score (nSPS) is 9.50. The van der Waals surface area contributed by atoms with Gasteiger partial charge in [-0.2, -0.15) is 0 Å². The van der Waals surface area contributed by atoms with Gasteiger partial charge in [0, 0.05) is 18.5 Å². The smallest absolute Gasteiger partial charge is 0.267 e. The largest absolute Gasteiger partial charge is 0.276 e. The van der Waals surface area contributed by atoms with Gasteiger partial charge in [0.05, 0.1) is 0 Å². The van der Waals surface area contributed by atoms with Gasteiger partial charge < -0.3 is 0 Å². The number of carbonyl (C=O) groups excluding carboxylic acids is 1. The van der Waals surface area contributed by atoms with Gasteiger partial charge in [-0.3, -0.25) is 4.79 Å². The Kier molecular flexibility index (Phi) is 3.13. The highest BCUT2D eigenvalue weighted by Crippen LogP contribution is 2.06. The summed E-state index contributed by atoms with van der Waals surface area (Å²) in [6.07, 6.45) is 0. The van der Waals surface area contributed by atoms with E-state index in [0.29, 0.717) is 5.56 Å². The lowest BCUT2D eigenvalue weighted by Crippen LogP contribution is -2.20. The SMILES string of the molecule is Cc1ccccc1C(=O)NOS. The highest BCUT2D eigenvalue weighted by molar-refractivity contribution is 7.75. The minimum Gasteiger partial charge on any atom is -0.267 e. The second kappa shape index (κ2) is 4.13. The molecule has 0 aliphatic rings. The predicted octanol–water partition coefficient (Wildman–Crippen LogP) is 1.50. The van der Waals surface area contributed by atoms with Crippen LogP contribution in [-0.4, -0.2) is 5.91 Å². The van der Waals surface area contributed by atoms with Gasteiger partial charge in [0.15, 0.2) is 0 Å². The number of hydrogen-bond donors (Lipinski definition) is 2. The fraction of sp³-hybridized carbons (Fsp3) is 0.125. The van der Waals surface area contributed by atoms with Crippen LogP contribution in [-0.2, 0) is 4.28 Å². The minimum absolute atomic E-state index is 0.289. The number of hydrogen-bond acceptors (Lipinski definition) is 3. The maximum absolute atomic E-state index is 11.2. The molecule has 0 aliphatic carbocycles. The third-order valence-electron chi connectivity index (χ3n) is 1.53. The summed E-state index contributed by atoms with van der Waals surface area (Å²) in [6.45, 7) is 1.85. The average molecular weight is 183 g/mol. The van der Waals surface area contributed by atoms with E-state index in [1.807, 2.05) is 19.1 Å². The number of benzene rings is 1. The lowest BCUT2D eigenvalue weighted by atomic mass is 10.1. The molecule has 0 aliphatic heterocycles. The fourth-order valence-corrected chi connectivity index (χ4v) is 1.01. The van der Waals surface area contributed by atoms with Crippen molar-refractivity contribution in [2.24, 2.45) is 0 Å². The molecular formula is C8H9NO2S. The molecule has 0 radical (unpaired) electrons. The Morgan fingerprint density at radius 3 is 2.75 bits per heavy atom. The second-order valence-electron chi connectivity index (χ2n) is 2.34. The molecule has 0 spiro atoms. The van der Waals surface area contributed by atoms with Gasteiger partial charge in [0.2, 0.25) is 0 Å². The van der Waals surface area contributed by atoms with Crippen LogP contribution in [0.4, 0.5) is 0 Å². The van der Waals surface area contributed by atoms with Crippen LogP contribution in [0.3, 0.4) is 0 Å². The maximum atomic E-state index is 11.2. The molecule has 3 nitrogen and oxygen atoms in total. The number of nitrogens with one attached hydrogen (secondary N) is 1. The minimum atomic E-state index is -0.289. The summed E-state index contributed by atoms with van der Waals surface area (Å²) in [6, 6.07) is 7.24. The highest BCUT2D eigenvalue weighted by atomic mass is 32.1. The summed E-state index contributed by atoms with van der Waals surface area (Å²) in [5.41, 5.74) is 3.62. The standard InChI is InChI=1S/C8H9NO2S/c1-6-4-2-3-5-7(6)8(10)9-11-12/h2-5,12H,1H3,(H,9,10). The Bertz CT molecular complexity index is 288. The van der Waals surface area contributed by atoms with Gasteiger partial charge >= 0.3 is 0 Å². The third-order valence-corrected chi connectivity index (χ3v) is 1.62. The van der Waals surface area contributed by atoms with Gasteiger partial charge in [0.1, 0.15) is 0 Å². The van der Waals surface area contributed by atoms with Gasteiger partial charge in [-0.15, -0.1) is 0 Å². The zero-order chi connectivity index (χ0) is 8.97. The van der Waals surface area contributed by atoms with Gasteiger partial charge in [-0.25, -0.2) is 9.76 Å². The molecule has 12 heavy (non-hydrogen) atoms. The van der Waals surface area contributed by atoms with Crippen molar-refractivity contribution < 1.29 is 9.08 Å². The molecule has 1 rings (SSSR count). The van der Waals surface area contributed by atoms with E-state index in [4.69, 9.17) is 0 Å². The lowest BCUT2D eigenvalue weighted by molar-refractivity contribution is 0.0802. The second-order valence-corrected chi connectivity index (χ2v) is 2.52. The Hall–Kier alpha value is -1.00. The van der Waals surface area contributed by atoms with Crippen molar-refractivity contribution in [2.45, 2.75) is 6.92 Å². The zero-order valence-electron chi connectivity index (χ0n) is 6.57. The fourth-order valence-electron chi connectivity index (χ4n) is 0.924. The molecule has 0 aromatic heterocycles. The van der Waals surface area contributed by atoms with Crippen LogP contribution in [0.2, 0.25) is 0 Å². The predicted molar refractivity (Wildman–Crippen MR) is 48.7 cm³/mol. The summed E-state index contributed by atoms with van der Waals surface area (Å²) in [5.74, 6) is -0.289. The zero-order valence-corrected chi connectivity index (χ0v) is 7.47. The Labute approximate surface area is 76.3 Å². The Morgan fingerprint density at radius 2 is 2.17 bits per heavy atom. The molecule has 1 aromatic rings. The first-order valence-corrected chi connectivity index (χ1v) is 3.78. The van der Waals surface area contributed by atoms with E-state index in [1.54, 1.807) is 12.1 Å². The first kappa shape index (κ1) is 9.09. The van der Waals surface area contributed by atoms with Crippen LogP contribution < -0.4 is 5.48 Å². The number of thiol groups is 1. The first-order chi connectivity index (χ1) is 5.75. The molecule has 1 aromatic carbocycles. The Morgan fingerprint density at radius 1 is 1.50 bits per heavy atom. The molecule has 1 N–H and O–H groups in total. The van der Waals surface area contributed by atoms with Crippen molar-refractivity contribution in [3.05, 3.63) is 35.4 Å². The van der Waals surface area contributed by atoms with Crippen molar-refractivity contribution in [3.8, 4) is 0 Å². The average Bonchev–Trinajstić information content (AvgIpc) is 2.05. The van der Waals surface area contributed by atoms with Crippen molar-refractivity contribution in [2.75, 3.05) is 0 Å². The molecule has 0 heterocycles. The molecular weight excluding hydrogens is 174 g/mol. The third kappa shape index (κ3) is 1.99. The summed E-state index contributed by atoms with van der Waals surface area (Å²) in [5, 5.41) is 0. The van der Waals surface area contributed by atoms with Crippen LogP contribution >= 0.6 is 12.9 Å². The number of hydroxylamine groups is 1. The number of amides is 1. The summed E-state index contributed by atoms with van der Waals surface area (Å²) in [7, 11) is 0. The van der Waals surface area contributed by atoms with E-state index in [1.165, 1.54) is 0 Å². The van der Waals surface area contributed by atoms with E-state index in [2.05, 4.69) is 22.7 Å². The molecule has 0 saturated heterocycles. The summed E-state index contributed by atoms with van der Waals surface area (Å²) in [4.78, 5) is 11.2. The molecule has 0 bridgehead atoms. The van der Waals surface area contributed by atoms with Gasteiger partial charge in [-0.05, 0) is 18.6 Å². The molecule has 0 unspecified atom stereocenters. The number of rotatable bonds is 2. The van der Waals surface area contributed by atoms with Crippen LogP contribution in [0.1, 0.15) is 15.9 Å².